The van der Waals surface area contributed by atoms with Gasteiger partial charge in [0.2, 0.25) is 0 Å². The van der Waals surface area contributed by atoms with E-state index in [1.54, 1.807) is 0 Å². The van der Waals surface area contributed by atoms with Gasteiger partial charge in [0.05, 0.1) is 10.7 Å². The lowest BCUT2D eigenvalue weighted by Crippen LogP contribution is -2.03. The minimum absolute atomic E-state index is 0.0554. The highest BCUT2D eigenvalue weighted by Gasteiger charge is 2.35. The molecule has 1 rings (SSSR count). The van der Waals surface area contributed by atoms with Gasteiger partial charge in [0.1, 0.15) is 4.88 Å². The second-order valence-electron chi connectivity index (χ2n) is 3.12. The zero-order valence-corrected chi connectivity index (χ0v) is 8.38. The topological polar surface area (TPSA) is 12.9 Å². The SMILES string of the molecule is Cc1nc(C(C)C)sc1C(F)(F)F. The number of halogens is 3. The van der Waals surface area contributed by atoms with Crippen LogP contribution in [0.3, 0.4) is 0 Å². The molecular formula is C8H10F3NS. The summed E-state index contributed by atoms with van der Waals surface area (Å²) >= 11 is 0.738. The monoisotopic (exact) mass is 209 g/mol. The lowest BCUT2D eigenvalue weighted by molar-refractivity contribution is -0.134. The first kappa shape index (κ1) is 10.5. The van der Waals surface area contributed by atoms with Gasteiger partial charge in [-0.05, 0) is 6.92 Å². The van der Waals surface area contributed by atoms with Gasteiger partial charge in [-0.25, -0.2) is 4.98 Å². The molecule has 13 heavy (non-hydrogen) atoms. The number of nitrogens with zero attached hydrogens (tertiary/aromatic N) is 1. The Bertz CT molecular complexity index is 301. The standard InChI is InChI=1S/C8H10F3NS/c1-4(2)7-12-5(3)6(13-7)8(9,10)11/h4H,1-3H3. The summed E-state index contributed by atoms with van der Waals surface area (Å²) in [4.78, 5) is 3.30. The fourth-order valence-corrected chi connectivity index (χ4v) is 1.86. The normalized spacial score (nSPS) is 12.5. The molecule has 0 N–H and O–H groups in total. The molecule has 0 aromatic carbocycles. The lowest BCUT2D eigenvalue weighted by atomic mass is 10.2. The summed E-state index contributed by atoms with van der Waals surface area (Å²) in [6.45, 7) is 5.06. The van der Waals surface area contributed by atoms with Crippen molar-refractivity contribution in [2.24, 2.45) is 0 Å². The van der Waals surface area contributed by atoms with E-state index in [4.69, 9.17) is 0 Å². The fraction of sp³-hybridized carbons (Fsp3) is 0.625. The van der Waals surface area contributed by atoms with Crippen LogP contribution < -0.4 is 0 Å². The van der Waals surface area contributed by atoms with E-state index < -0.39 is 11.1 Å². The summed E-state index contributed by atoms with van der Waals surface area (Å²) < 4.78 is 36.9. The molecule has 0 aliphatic carbocycles. The maximum absolute atomic E-state index is 12.3. The number of rotatable bonds is 1. The molecule has 0 aliphatic heterocycles. The van der Waals surface area contributed by atoms with Crippen molar-refractivity contribution in [1.29, 1.82) is 0 Å². The molecule has 0 spiro atoms. The predicted octanol–water partition coefficient (Wildman–Crippen LogP) is 3.59. The van der Waals surface area contributed by atoms with Crippen LogP contribution in [0.2, 0.25) is 0 Å². The van der Waals surface area contributed by atoms with Crippen LogP contribution in [0.25, 0.3) is 0 Å². The zero-order valence-electron chi connectivity index (χ0n) is 7.57. The fourth-order valence-electron chi connectivity index (χ4n) is 0.927. The largest absolute Gasteiger partial charge is 0.427 e. The van der Waals surface area contributed by atoms with Crippen molar-refractivity contribution in [3.8, 4) is 0 Å². The molecule has 1 nitrogen and oxygen atoms in total. The highest BCUT2D eigenvalue weighted by molar-refractivity contribution is 7.12. The van der Waals surface area contributed by atoms with Gasteiger partial charge in [0.25, 0.3) is 0 Å². The molecule has 0 aliphatic rings. The van der Waals surface area contributed by atoms with Crippen molar-refractivity contribution < 1.29 is 13.2 Å². The van der Waals surface area contributed by atoms with Crippen LogP contribution in [0.1, 0.15) is 35.3 Å². The smallest absolute Gasteiger partial charge is 0.246 e. The van der Waals surface area contributed by atoms with E-state index in [9.17, 15) is 13.2 Å². The third-order valence-electron chi connectivity index (χ3n) is 1.56. The van der Waals surface area contributed by atoms with E-state index >= 15 is 0 Å². The van der Waals surface area contributed by atoms with E-state index in [0.717, 1.165) is 11.3 Å². The Labute approximate surface area is 78.6 Å². The first-order valence-electron chi connectivity index (χ1n) is 3.87. The van der Waals surface area contributed by atoms with E-state index in [1.807, 2.05) is 13.8 Å². The highest BCUT2D eigenvalue weighted by atomic mass is 32.1. The molecule has 5 heteroatoms. The van der Waals surface area contributed by atoms with Crippen LogP contribution in [0, 0.1) is 6.92 Å². The molecule has 1 heterocycles. The van der Waals surface area contributed by atoms with Crippen molar-refractivity contribution in [2.75, 3.05) is 0 Å². The van der Waals surface area contributed by atoms with E-state index in [-0.39, 0.29) is 11.6 Å². The highest BCUT2D eigenvalue weighted by Crippen LogP contribution is 2.37. The number of hydrogen-bond acceptors (Lipinski definition) is 2. The maximum Gasteiger partial charge on any atom is 0.427 e. The molecule has 74 valence electrons. The third-order valence-corrected chi connectivity index (χ3v) is 3.07. The minimum Gasteiger partial charge on any atom is -0.246 e. The van der Waals surface area contributed by atoms with Crippen LogP contribution in [-0.2, 0) is 6.18 Å². The minimum atomic E-state index is -4.26. The summed E-state index contributed by atoms with van der Waals surface area (Å²) in [5.41, 5.74) is 0.0844. The van der Waals surface area contributed by atoms with E-state index in [2.05, 4.69) is 4.98 Å². The Morgan fingerprint density at radius 2 is 1.85 bits per heavy atom. The van der Waals surface area contributed by atoms with E-state index in [0.29, 0.717) is 5.01 Å². The average Bonchev–Trinajstić information content (AvgIpc) is 2.29. The van der Waals surface area contributed by atoms with Gasteiger partial charge in [0, 0.05) is 5.92 Å². The average molecular weight is 209 g/mol. The number of alkyl halides is 3. The molecule has 1 aromatic rings. The summed E-state index contributed by atoms with van der Waals surface area (Å²) in [6.07, 6.45) is -4.26. The van der Waals surface area contributed by atoms with Crippen LogP contribution >= 0.6 is 11.3 Å². The van der Waals surface area contributed by atoms with Crippen molar-refractivity contribution in [1.82, 2.24) is 4.98 Å². The number of hydrogen-bond donors (Lipinski definition) is 0. The maximum atomic E-state index is 12.3. The summed E-state index contributed by atoms with van der Waals surface area (Å²) in [6, 6.07) is 0. The number of aromatic nitrogens is 1. The second-order valence-corrected chi connectivity index (χ2v) is 4.15. The van der Waals surface area contributed by atoms with Crippen molar-refractivity contribution in [3.63, 3.8) is 0 Å². The molecule has 0 fully saturated rings. The second kappa shape index (κ2) is 3.29. The Kier molecular flexibility index (Phi) is 2.66. The molecule has 0 amide bonds. The quantitative estimate of drug-likeness (QED) is 0.688. The molecule has 0 saturated carbocycles. The first-order chi connectivity index (χ1) is 5.82. The van der Waals surface area contributed by atoms with Gasteiger partial charge >= 0.3 is 6.18 Å². The lowest BCUT2D eigenvalue weighted by Gasteiger charge is -2.02. The molecule has 0 bridgehead atoms. The van der Waals surface area contributed by atoms with Crippen LogP contribution in [0.5, 0.6) is 0 Å². The third kappa shape index (κ3) is 2.21. The van der Waals surface area contributed by atoms with Gasteiger partial charge in [-0.15, -0.1) is 11.3 Å². The Morgan fingerprint density at radius 3 is 2.08 bits per heavy atom. The Hall–Kier alpha value is -0.580. The first-order valence-corrected chi connectivity index (χ1v) is 4.68. The predicted molar refractivity (Wildman–Crippen MR) is 45.9 cm³/mol. The van der Waals surface area contributed by atoms with Crippen molar-refractivity contribution >= 4 is 11.3 Å². The van der Waals surface area contributed by atoms with Gasteiger partial charge in [-0.3, -0.25) is 0 Å². The van der Waals surface area contributed by atoms with Crippen LogP contribution in [0.4, 0.5) is 13.2 Å². The molecule has 0 radical (unpaired) electrons. The summed E-state index contributed by atoms with van der Waals surface area (Å²) in [7, 11) is 0. The van der Waals surface area contributed by atoms with Crippen molar-refractivity contribution in [3.05, 3.63) is 15.6 Å². The molecule has 0 saturated heterocycles. The summed E-state index contributed by atoms with van der Waals surface area (Å²) in [5.74, 6) is 0.0554. The molecule has 0 atom stereocenters. The van der Waals surface area contributed by atoms with E-state index in [1.165, 1.54) is 6.92 Å². The number of aryl methyl sites for hydroxylation is 1. The number of thiazole rings is 1. The zero-order chi connectivity index (χ0) is 10.2. The molecule has 0 unspecified atom stereocenters. The van der Waals surface area contributed by atoms with Crippen molar-refractivity contribution in [2.45, 2.75) is 32.9 Å². The van der Waals surface area contributed by atoms with Crippen LogP contribution in [0.15, 0.2) is 0 Å². The molecular weight excluding hydrogens is 199 g/mol. The van der Waals surface area contributed by atoms with Gasteiger partial charge in [-0.2, -0.15) is 13.2 Å². The van der Waals surface area contributed by atoms with Gasteiger partial charge in [0.15, 0.2) is 0 Å². The van der Waals surface area contributed by atoms with Crippen LogP contribution in [-0.4, -0.2) is 4.98 Å². The van der Waals surface area contributed by atoms with Gasteiger partial charge in [-0.1, -0.05) is 13.8 Å². The Morgan fingerprint density at radius 1 is 1.31 bits per heavy atom. The molecule has 1 aromatic heterocycles. The van der Waals surface area contributed by atoms with Gasteiger partial charge < -0.3 is 0 Å². The summed E-state index contributed by atoms with van der Waals surface area (Å²) in [5, 5.41) is 0.546. The Balaban J connectivity index is 3.11.